The zero-order valence-electron chi connectivity index (χ0n) is 16.2. The van der Waals surface area contributed by atoms with Crippen LogP contribution in [0.1, 0.15) is 6.92 Å². The number of nitrogens with one attached hydrogen (secondary N) is 2. The lowest BCUT2D eigenvalue weighted by Gasteiger charge is -2.35. The van der Waals surface area contributed by atoms with Crippen molar-refractivity contribution in [1.82, 2.24) is 10.3 Å². The molecular weight excluding hydrogens is 416 g/mol. The third-order valence-corrected chi connectivity index (χ3v) is 5.99. The number of carbonyl (C=O) groups excluding carboxylic acids is 1. The number of carboxylic acid groups (broad SMARTS) is 1. The number of sulfonamides is 1. The number of anilines is 2. The van der Waals surface area contributed by atoms with E-state index in [-0.39, 0.29) is 46.9 Å². The van der Waals surface area contributed by atoms with E-state index >= 15 is 0 Å². The lowest BCUT2D eigenvalue weighted by Crippen LogP contribution is -2.48. The van der Waals surface area contributed by atoms with E-state index in [1.165, 1.54) is 50.6 Å². The van der Waals surface area contributed by atoms with Crippen molar-refractivity contribution in [3.8, 4) is 11.6 Å². The summed E-state index contributed by atoms with van der Waals surface area (Å²) in [4.78, 5) is 26.1. The molecule has 0 saturated heterocycles. The highest BCUT2D eigenvalue weighted by molar-refractivity contribution is 7.92. The lowest BCUT2D eigenvalue weighted by molar-refractivity contribution is -0.119. The van der Waals surface area contributed by atoms with Gasteiger partial charge in [-0.25, -0.2) is 18.2 Å². The maximum absolute atomic E-state index is 13.3. The van der Waals surface area contributed by atoms with Crippen LogP contribution in [0, 0.1) is 0 Å². The Morgan fingerprint density at radius 2 is 2.10 bits per heavy atom. The monoisotopic (exact) mass is 436 g/mol. The van der Waals surface area contributed by atoms with Crippen molar-refractivity contribution >= 4 is 33.4 Å². The van der Waals surface area contributed by atoms with Gasteiger partial charge in [0.2, 0.25) is 11.8 Å². The summed E-state index contributed by atoms with van der Waals surface area (Å²) in [5.41, 5.74) is 0.342. The number of ether oxygens (including phenoxy) is 2. The number of methoxy groups -OCH3 is 1. The predicted molar refractivity (Wildman–Crippen MR) is 107 cm³/mol. The summed E-state index contributed by atoms with van der Waals surface area (Å²) in [6.45, 7) is 1.34. The summed E-state index contributed by atoms with van der Waals surface area (Å²) in [5, 5.41) is 13.7. The largest absolute Gasteiger partial charge is 0.484 e. The number of benzene rings is 1. The molecule has 2 amide bonds. The van der Waals surface area contributed by atoms with Crippen LogP contribution in [0.4, 0.5) is 16.2 Å². The number of rotatable bonds is 6. The van der Waals surface area contributed by atoms with Gasteiger partial charge in [-0.15, -0.1) is 0 Å². The summed E-state index contributed by atoms with van der Waals surface area (Å²) in [6, 6.07) is 7.07. The second-order valence-electron chi connectivity index (χ2n) is 6.36. The van der Waals surface area contributed by atoms with Gasteiger partial charge >= 0.3 is 6.09 Å². The third kappa shape index (κ3) is 4.54. The van der Waals surface area contributed by atoms with Crippen LogP contribution in [0.15, 0.2) is 41.4 Å². The van der Waals surface area contributed by atoms with Crippen molar-refractivity contribution in [2.24, 2.45) is 0 Å². The average molecular weight is 436 g/mol. The molecule has 0 spiro atoms. The second kappa shape index (κ2) is 8.45. The van der Waals surface area contributed by atoms with E-state index in [1.807, 2.05) is 0 Å². The number of pyridine rings is 1. The van der Waals surface area contributed by atoms with Crippen molar-refractivity contribution in [3.63, 3.8) is 0 Å². The first kappa shape index (κ1) is 21.2. The SMILES string of the molecule is COc1ccc(S(=O)(=O)N2C[C@H](CNC(C)=O)Oc3ccc(NC(=O)O)cc32)cn1. The Kier molecular flexibility index (Phi) is 5.96. The second-order valence-corrected chi connectivity index (χ2v) is 8.22. The Morgan fingerprint density at radius 1 is 1.33 bits per heavy atom. The fourth-order valence-corrected chi connectivity index (χ4v) is 4.32. The maximum atomic E-state index is 13.3. The Labute approximate surface area is 172 Å². The normalized spacial score (nSPS) is 15.5. The van der Waals surface area contributed by atoms with Gasteiger partial charge in [-0.3, -0.25) is 14.4 Å². The van der Waals surface area contributed by atoms with Gasteiger partial charge in [0.1, 0.15) is 16.7 Å². The molecule has 0 fully saturated rings. The maximum Gasteiger partial charge on any atom is 0.409 e. The van der Waals surface area contributed by atoms with E-state index in [4.69, 9.17) is 14.6 Å². The topological polar surface area (TPSA) is 147 Å². The van der Waals surface area contributed by atoms with Gasteiger partial charge < -0.3 is 19.9 Å². The van der Waals surface area contributed by atoms with Gasteiger partial charge in [-0.1, -0.05) is 0 Å². The minimum Gasteiger partial charge on any atom is -0.484 e. The number of carbonyl (C=O) groups is 2. The van der Waals surface area contributed by atoms with Crippen LogP contribution < -0.4 is 24.4 Å². The molecule has 30 heavy (non-hydrogen) atoms. The Balaban J connectivity index is 2.02. The Hall–Kier alpha value is -3.54. The van der Waals surface area contributed by atoms with Gasteiger partial charge in [0.15, 0.2) is 0 Å². The van der Waals surface area contributed by atoms with Gasteiger partial charge in [0, 0.05) is 18.7 Å². The summed E-state index contributed by atoms with van der Waals surface area (Å²) >= 11 is 0. The quantitative estimate of drug-likeness (QED) is 0.613. The molecule has 1 aromatic carbocycles. The Bertz CT molecular complexity index is 1060. The molecule has 0 saturated carbocycles. The molecule has 11 nitrogen and oxygen atoms in total. The number of hydrogen-bond acceptors (Lipinski definition) is 7. The van der Waals surface area contributed by atoms with Gasteiger partial charge in [-0.2, -0.15) is 0 Å². The van der Waals surface area contributed by atoms with Crippen LogP contribution in [-0.4, -0.2) is 56.8 Å². The molecule has 3 N–H and O–H groups in total. The first-order valence-corrected chi connectivity index (χ1v) is 10.2. The number of aromatic nitrogens is 1. The van der Waals surface area contributed by atoms with Crippen molar-refractivity contribution in [2.45, 2.75) is 17.9 Å². The molecule has 0 aliphatic carbocycles. The molecule has 0 radical (unpaired) electrons. The smallest absolute Gasteiger partial charge is 0.409 e. The van der Waals surface area contributed by atoms with Crippen LogP contribution >= 0.6 is 0 Å². The van der Waals surface area contributed by atoms with Crippen LogP contribution in [0.2, 0.25) is 0 Å². The van der Waals surface area contributed by atoms with Crippen LogP contribution in [0.5, 0.6) is 11.6 Å². The number of amides is 2. The van der Waals surface area contributed by atoms with Crippen LogP contribution in [-0.2, 0) is 14.8 Å². The van der Waals surface area contributed by atoms with E-state index in [0.717, 1.165) is 4.31 Å². The summed E-state index contributed by atoms with van der Waals surface area (Å²) in [5.74, 6) is 0.213. The van der Waals surface area contributed by atoms with Crippen molar-refractivity contribution < 1.29 is 32.6 Å². The molecule has 1 aromatic heterocycles. The van der Waals surface area contributed by atoms with E-state index in [0.29, 0.717) is 0 Å². The van der Waals surface area contributed by atoms with Crippen molar-refractivity contribution in [2.75, 3.05) is 29.8 Å². The number of fused-ring (bicyclic) bond motifs is 1. The van der Waals surface area contributed by atoms with Crippen molar-refractivity contribution in [3.05, 3.63) is 36.5 Å². The minimum atomic E-state index is -4.07. The molecule has 1 aliphatic rings. The highest BCUT2D eigenvalue weighted by Crippen LogP contribution is 2.39. The van der Waals surface area contributed by atoms with E-state index in [2.05, 4.69) is 15.6 Å². The standard InChI is InChI=1S/C18H20N4O7S/c1-11(23)19-8-13-10-22(30(26,27)14-4-6-17(28-2)20-9-14)15-7-12(21-18(24)25)3-5-16(15)29-13/h3-7,9,13,21H,8,10H2,1-2H3,(H,19,23)(H,24,25)/t13-/m0/s1. The molecule has 160 valence electrons. The molecule has 1 aliphatic heterocycles. The van der Waals surface area contributed by atoms with Crippen LogP contribution in [0.3, 0.4) is 0 Å². The van der Waals surface area contributed by atoms with Gasteiger partial charge in [0.25, 0.3) is 10.0 Å². The highest BCUT2D eigenvalue weighted by Gasteiger charge is 2.35. The molecule has 12 heteroatoms. The number of nitrogens with zero attached hydrogens (tertiary/aromatic N) is 2. The first-order valence-electron chi connectivity index (χ1n) is 8.78. The summed E-state index contributed by atoms with van der Waals surface area (Å²) < 4.78 is 38.5. The molecule has 1 atom stereocenters. The molecule has 0 unspecified atom stereocenters. The van der Waals surface area contributed by atoms with E-state index in [9.17, 15) is 18.0 Å². The molecule has 2 heterocycles. The zero-order chi connectivity index (χ0) is 21.9. The van der Waals surface area contributed by atoms with Crippen molar-refractivity contribution in [1.29, 1.82) is 0 Å². The fourth-order valence-electron chi connectivity index (χ4n) is 2.87. The summed E-state index contributed by atoms with van der Waals surface area (Å²) in [7, 11) is -2.65. The molecule has 2 aromatic rings. The van der Waals surface area contributed by atoms with Crippen LogP contribution in [0.25, 0.3) is 0 Å². The van der Waals surface area contributed by atoms with Gasteiger partial charge in [-0.05, 0) is 24.3 Å². The average Bonchev–Trinajstić information content (AvgIpc) is 2.71. The lowest BCUT2D eigenvalue weighted by atomic mass is 10.2. The third-order valence-electron chi connectivity index (χ3n) is 4.23. The fraction of sp³-hybridized carbons (Fsp3) is 0.278. The minimum absolute atomic E-state index is 0.0778. The van der Waals surface area contributed by atoms with Gasteiger partial charge in [0.05, 0.1) is 32.1 Å². The highest BCUT2D eigenvalue weighted by atomic mass is 32.2. The predicted octanol–water partition coefficient (Wildman–Crippen LogP) is 1.27. The Morgan fingerprint density at radius 3 is 2.70 bits per heavy atom. The molecular formula is C18H20N4O7S. The van der Waals surface area contributed by atoms with E-state index < -0.39 is 22.2 Å². The van der Waals surface area contributed by atoms with E-state index in [1.54, 1.807) is 0 Å². The summed E-state index contributed by atoms with van der Waals surface area (Å²) in [6.07, 6.45) is -0.768. The first-order chi connectivity index (χ1) is 14.2. The molecule has 3 rings (SSSR count). The zero-order valence-corrected chi connectivity index (χ0v) is 17.0. The molecule has 0 bridgehead atoms. The number of hydrogen-bond donors (Lipinski definition) is 3.